The zero-order valence-electron chi connectivity index (χ0n) is 12.1. The van der Waals surface area contributed by atoms with Crippen LogP contribution in [0.1, 0.15) is 25.7 Å². The Kier molecular flexibility index (Phi) is 11.3. The minimum Gasteiger partial charge on any atom is -0.0620 e. The minimum absolute atomic E-state index is 0. The summed E-state index contributed by atoms with van der Waals surface area (Å²) >= 11 is -0.106. The Hall–Kier alpha value is 0.632. The third-order valence-corrected chi connectivity index (χ3v) is 7.24. The molecule has 1 saturated carbocycles. The van der Waals surface area contributed by atoms with Crippen molar-refractivity contribution >= 4 is 37.6 Å². The van der Waals surface area contributed by atoms with E-state index in [2.05, 4.69) is 60.7 Å². The number of benzene rings is 2. The molecule has 0 saturated heterocycles. The second-order valence-corrected chi connectivity index (χ2v) is 10.3. The summed E-state index contributed by atoms with van der Waals surface area (Å²) in [5, 5.41) is 3.17. The second kappa shape index (κ2) is 12.1. The van der Waals surface area contributed by atoms with E-state index in [-0.39, 0.29) is 33.0 Å². The minimum atomic E-state index is -0.577. The van der Waals surface area contributed by atoms with E-state index < -0.39 is 7.92 Å². The molecular formula is C17H20Cl2FePPd+. The van der Waals surface area contributed by atoms with Gasteiger partial charge in [0, 0.05) is 17.1 Å². The van der Waals surface area contributed by atoms with Gasteiger partial charge in [-0.25, -0.2) is 0 Å². The van der Waals surface area contributed by atoms with Crippen molar-refractivity contribution in [3.8, 4) is 0 Å². The van der Waals surface area contributed by atoms with Gasteiger partial charge in [0.25, 0.3) is 0 Å². The fourth-order valence-electron chi connectivity index (χ4n) is 3.09. The number of hydrogen-bond donors (Lipinski definition) is 0. The molecule has 0 bridgehead atoms. The van der Waals surface area contributed by atoms with Gasteiger partial charge < -0.3 is 0 Å². The molecule has 0 unspecified atom stereocenters. The molecule has 0 aliphatic heterocycles. The van der Waals surface area contributed by atoms with Crippen LogP contribution in [0.2, 0.25) is 0 Å². The van der Waals surface area contributed by atoms with Gasteiger partial charge in [0.05, 0.1) is 24.2 Å². The average molecular weight is 488 g/mol. The zero-order chi connectivity index (χ0) is 14.9. The predicted molar refractivity (Wildman–Crippen MR) is 94.4 cm³/mol. The van der Waals surface area contributed by atoms with Gasteiger partial charge in [-0.15, -0.1) is 0 Å². The topological polar surface area (TPSA) is 0 Å². The van der Waals surface area contributed by atoms with Crippen LogP contribution < -0.4 is 10.6 Å². The molecule has 0 N–H and O–H groups in total. The standard InChI is InChI=1S/C17H19P.2ClH.Fe.Pd/c1-3-9-15(10-4-1)18(17-13-7-8-14-17)16-11-5-2-6-12-16;;;;/h1-6,9-12,17H,7-8,13-14H2;2*1H;;/q;;;;+2/p-1. The summed E-state index contributed by atoms with van der Waals surface area (Å²) in [6, 6.07) is 22.4. The largest absolute Gasteiger partial charge is 0.0969 e. The molecule has 22 heavy (non-hydrogen) atoms. The monoisotopic (exact) mass is 487 g/mol. The van der Waals surface area contributed by atoms with Crippen molar-refractivity contribution in [1.82, 2.24) is 0 Å². The Morgan fingerprint density at radius 3 is 1.50 bits per heavy atom. The summed E-state index contributed by atoms with van der Waals surface area (Å²) in [5.41, 5.74) is 0.930. The summed E-state index contributed by atoms with van der Waals surface area (Å²) < 4.78 is 0. The average Bonchev–Trinajstić information content (AvgIpc) is 3.05. The van der Waals surface area contributed by atoms with Crippen molar-refractivity contribution in [2.75, 3.05) is 0 Å². The Morgan fingerprint density at radius 2 is 1.14 bits per heavy atom. The van der Waals surface area contributed by atoms with E-state index in [1.54, 1.807) is 10.6 Å². The van der Waals surface area contributed by atoms with E-state index >= 15 is 0 Å². The molecule has 1 aliphatic rings. The normalized spacial score (nSPS) is 14.3. The first-order chi connectivity index (χ1) is 10.4. The van der Waals surface area contributed by atoms with E-state index in [1.165, 1.54) is 25.7 Å². The maximum Gasteiger partial charge on any atom is 0.0969 e. The number of halogens is 2. The van der Waals surface area contributed by atoms with Gasteiger partial charge in [0.2, 0.25) is 0 Å². The fraction of sp³-hybridized carbons (Fsp3) is 0.294. The molecular weight excluding hydrogens is 468 g/mol. The van der Waals surface area contributed by atoms with Gasteiger partial charge in [0.1, 0.15) is 0 Å². The first kappa shape index (κ1) is 20.7. The summed E-state index contributed by atoms with van der Waals surface area (Å²) in [6.07, 6.45) is 5.72. The van der Waals surface area contributed by atoms with Gasteiger partial charge in [-0.1, -0.05) is 36.4 Å². The molecule has 2 aromatic carbocycles. The van der Waals surface area contributed by atoms with Gasteiger partial charge in [-0.05, 0) is 49.9 Å². The Bertz CT molecular complexity index is 467. The summed E-state index contributed by atoms with van der Waals surface area (Å²) in [4.78, 5) is 0. The quantitative estimate of drug-likeness (QED) is 0.413. The van der Waals surface area contributed by atoms with Gasteiger partial charge in [-0.2, -0.15) is 0 Å². The second-order valence-electron chi connectivity index (χ2n) is 5.17. The van der Waals surface area contributed by atoms with Crippen LogP contribution in [0.15, 0.2) is 60.7 Å². The molecule has 1 aliphatic carbocycles. The molecule has 0 aromatic heterocycles. The van der Waals surface area contributed by atoms with E-state index in [0.29, 0.717) is 0 Å². The van der Waals surface area contributed by atoms with Gasteiger partial charge in [-0.3, -0.25) is 0 Å². The predicted octanol–water partition coefficient (Wildman–Crippen LogP) is 5.17. The van der Waals surface area contributed by atoms with Crippen LogP contribution in [0.3, 0.4) is 0 Å². The third-order valence-electron chi connectivity index (χ3n) is 3.93. The third kappa shape index (κ3) is 6.26. The van der Waals surface area contributed by atoms with Crippen molar-refractivity contribution in [1.29, 1.82) is 0 Å². The molecule has 1 fully saturated rings. The van der Waals surface area contributed by atoms with Crippen molar-refractivity contribution in [2.45, 2.75) is 31.3 Å². The van der Waals surface area contributed by atoms with Crippen LogP contribution in [0.5, 0.6) is 0 Å². The van der Waals surface area contributed by atoms with Crippen molar-refractivity contribution < 1.29 is 33.0 Å². The number of hydrogen-bond acceptors (Lipinski definition) is 0. The molecule has 3 rings (SSSR count). The first-order valence-corrected chi connectivity index (χ1v) is 12.7. The maximum atomic E-state index is 4.81. The van der Waals surface area contributed by atoms with Crippen molar-refractivity contribution in [3.05, 3.63) is 60.7 Å². The molecule has 5 heteroatoms. The Labute approximate surface area is 161 Å². The van der Waals surface area contributed by atoms with Crippen LogP contribution >= 0.6 is 27.0 Å². The smallest absolute Gasteiger partial charge is 0.0620 e. The van der Waals surface area contributed by atoms with Gasteiger partial charge in [0.15, 0.2) is 0 Å². The maximum absolute atomic E-state index is 4.81. The Balaban J connectivity index is 0.000000562. The van der Waals surface area contributed by atoms with E-state index in [9.17, 15) is 0 Å². The van der Waals surface area contributed by atoms with Crippen molar-refractivity contribution in [2.24, 2.45) is 0 Å². The number of rotatable bonds is 3. The molecule has 124 valence electrons. The van der Waals surface area contributed by atoms with Gasteiger partial charge >= 0.3 is 35.0 Å². The van der Waals surface area contributed by atoms with Crippen LogP contribution in [-0.4, -0.2) is 5.66 Å². The van der Waals surface area contributed by atoms with Crippen LogP contribution in [-0.2, 0) is 33.0 Å². The van der Waals surface area contributed by atoms with Crippen LogP contribution in [0.4, 0.5) is 0 Å². The molecule has 0 atom stereocenters. The van der Waals surface area contributed by atoms with Crippen molar-refractivity contribution in [3.63, 3.8) is 0 Å². The van der Waals surface area contributed by atoms with E-state index in [0.717, 1.165) is 5.66 Å². The molecule has 0 amide bonds. The Morgan fingerprint density at radius 1 is 0.773 bits per heavy atom. The zero-order valence-corrected chi connectivity index (χ0v) is 17.3. The van der Waals surface area contributed by atoms with Crippen LogP contribution in [0, 0.1) is 0 Å². The SMILES string of the molecule is [Cl][Pd][Cl].[Fe].c1ccc([PH+](c2ccccc2)C2CCCC2)cc1. The molecule has 2 aromatic rings. The summed E-state index contributed by atoms with van der Waals surface area (Å²) in [7, 11) is 9.05. The van der Waals surface area contributed by atoms with E-state index in [1.807, 2.05) is 0 Å². The molecule has 0 nitrogen and oxygen atoms in total. The first-order valence-electron chi connectivity index (χ1n) is 7.17. The van der Waals surface area contributed by atoms with Crippen LogP contribution in [0.25, 0.3) is 0 Å². The molecule has 0 heterocycles. The molecule has 0 spiro atoms. The molecule has 0 radical (unpaired) electrons. The van der Waals surface area contributed by atoms with E-state index in [4.69, 9.17) is 19.1 Å². The fourth-order valence-corrected chi connectivity index (χ4v) is 6.45. The summed E-state index contributed by atoms with van der Waals surface area (Å²) in [6.45, 7) is 0. The summed E-state index contributed by atoms with van der Waals surface area (Å²) in [5.74, 6) is 0.